The van der Waals surface area contributed by atoms with Crippen LogP contribution in [0.5, 0.6) is 0 Å². The smallest absolute Gasteiger partial charge is 0.358 e. The van der Waals surface area contributed by atoms with Crippen molar-refractivity contribution in [2.75, 3.05) is 0 Å². The van der Waals surface area contributed by atoms with E-state index in [1.807, 2.05) is 0 Å². The zero-order valence-corrected chi connectivity index (χ0v) is 7.23. The number of allylic oxidation sites excluding steroid dienone is 5. The van der Waals surface area contributed by atoms with Gasteiger partial charge in [0.05, 0.1) is 0 Å². The molecule has 1 aliphatic carbocycles. The van der Waals surface area contributed by atoms with Crippen LogP contribution in [0.2, 0.25) is 0 Å². The summed E-state index contributed by atoms with van der Waals surface area (Å²) >= 11 is 0. The Labute approximate surface area is 69.4 Å². The summed E-state index contributed by atoms with van der Waals surface area (Å²) in [7, 11) is 0. The van der Waals surface area contributed by atoms with Gasteiger partial charge >= 0.3 is 21.1 Å². The average Bonchev–Trinajstić information content (AvgIpc) is 2.14. The first-order valence-electron chi connectivity index (χ1n) is 1.95. The summed E-state index contributed by atoms with van der Waals surface area (Å²) in [5.74, 6) is 1.70. The molecule has 2 heteroatoms. The second kappa shape index (κ2) is 5.75. The molecule has 0 aromatic heterocycles. The predicted molar refractivity (Wildman–Crippen MR) is 32.6 cm³/mol. The predicted octanol–water partition coefficient (Wildman–Crippen LogP) is 1.12. The van der Waals surface area contributed by atoms with Crippen LogP contribution in [0.15, 0.2) is 23.8 Å². The van der Waals surface area contributed by atoms with E-state index in [1.165, 1.54) is 0 Å². The van der Waals surface area contributed by atoms with Crippen LogP contribution in [0.1, 0.15) is 0 Å². The SMILES string of the molecule is O=C=C1[C-]=CC=C1.[CH3-].[Pt+2]. The van der Waals surface area contributed by atoms with Gasteiger partial charge in [-0.05, 0) is 0 Å². The Morgan fingerprint density at radius 2 is 2.22 bits per heavy atom. The normalized spacial score (nSPS) is 11.8. The van der Waals surface area contributed by atoms with Crippen molar-refractivity contribution >= 4 is 5.94 Å². The zero-order chi connectivity index (χ0) is 5.11. The zero-order valence-electron chi connectivity index (χ0n) is 4.96. The third-order valence-corrected chi connectivity index (χ3v) is 0.708. The van der Waals surface area contributed by atoms with Gasteiger partial charge in [0.2, 0.25) is 0 Å². The molecule has 0 saturated carbocycles. The molecule has 0 aliphatic heterocycles. The van der Waals surface area contributed by atoms with E-state index in [-0.39, 0.29) is 28.5 Å². The first-order valence-corrected chi connectivity index (χ1v) is 1.95. The molecule has 0 amide bonds. The van der Waals surface area contributed by atoms with Crippen LogP contribution in [0.4, 0.5) is 0 Å². The van der Waals surface area contributed by atoms with Gasteiger partial charge in [-0.1, -0.05) is 5.57 Å². The van der Waals surface area contributed by atoms with Gasteiger partial charge in [0, 0.05) is 5.94 Å². The van der Waals surface area contributed by atoms with Crippen molar-refractivity contribution in [3.63, 3.8) is 0 Å². The third-order valence-electron chi connectivity index (χ3n) is 0.708. The summed E-state index contributed by atoms with van der Waals surface area (Å²) in [6.45, 7) is 0. The van der Waals surface area contributed by atoms with Gasteiger partial charge in [0.25, 0.3) is 0 Å². The van der Waals surface area contributed by atoms with Crippen LogP contribution in [0.3, 0.4) is 0 Å². The average molecular weight is 301 g/mol. The Morgan fingerprint density at radius 3 is 2.44 bits per heavy atom. The molecule has 0 saturated heterocycles. The molecule has 0 fully saturated rings. The topological polar surface area (TPSA) is 17.1 Å². The second-order valence-corrected chi connectivity index (χ2v) is 1.19. The van der Waals surface area contributed by atoms with Gasteiger partial charge in [-0.25, -0.2) is 0 Å². The van der Waals surface area contributed by atoms with Crippen LogP contribution in [0.25, 0.3) is 0 Å². The minimum atomic E-state index is 0. The molecule has 50 valence electrons. The number of hydrogen-bond acceptors (Lipinski definition) is 1. The first kappa shape index (κ1) is 11.4. The molecular weight excluding hydrogens is 295 g/mol. The van der Waals surface area contributed by atoms with Gasteiger partial charge in [-0.3, -0.25) is 0 Å². The molecule has 0 N–H and O–H groups in total. The molecule has 0 aromatic carbocycles. The fraction of sp³-hybridized carbons (Fsp3) is 0. The van der Waals surface area contributed by atoms with E-state index >= 15 is 0 Å². The number of carbonyl (C=O) groups excluding carboxylic acids is 1. The van der Waals surface area contributed by atoms with E-state index in [0.29, 0.717) is 5.57 Å². The van der Waals surface area contributed by atoms with Gasteiger partial charge in [-0.15, -0.1) is 6.08 Å². The van der Waals surface area contributed by atoms with Crippen molar-refractivity contribution in [3.8, 4) is 0 Å². The quantitative estimate of drug-likeness (QED) is 0.484. The Bertz CT molecular complexity index is 159. The maximum atomic E-state index is 9.71. The van der Waals surface area contributed by atoms with E-state index in [4.69, 9.17) is 0 Å². The largest absolute Gasteiger partial charge is 2.00 e. The molecule has 1 aliphatic rings. The summed E-state index contributed by atoms with van der Waals surface area (Å²) in [5.41, 5.74) is 0.500. The second-order valence-electron chi connectivity index (χ2n) is 1.19. The Kier molecular flexibility index (Phi) is 7.30. The number of hydrogen-bond donors (Lipinski definition) is 0. The summed E-state index contributed by atoms with van der Waals surface area (Å²) < 4.78 is 0. The summed E-state index contributed by atoms with van der Waals surface area (Å²) in [6.07, 6.45) is 7.75. The Balaban J connectivity index is 0. The van der Waals surface area contributed by atoms with Crippen molar-refractivity contribution in [1.82, 2.24) is 0 Å². The van der Waals surface area contributed by atoms with Crippen molar-refractivity contribution < 1.29 is 25.9 Å². The van der Waals surface area contributed by atoms with Gasteiger partial charge in [0.1, 0.15) is 0 Å². The van der Waals surface area contributed by atoms with Crippen molar-refractivity contribution in [1.29, 1.82) is 0 Å². The molecule has 0 bridgehead atoms. The van der Waals surface area contributed by atoms with Gasteiger partial charge < -0.3 is 12.2 Å². The minimum absolute atomic E-state index is 0. The number of rotatable bonds is 0. The van der Waals surface area contributed by atoms with Crippen molar-refractivity contribution in [3.05, 3.63) is 37.3 Å². The van der Waals surface area contributed by atoms with Crippen molar-refractivity contribution in [2.45, 2.75) is 0 Å². The van der Waals surface area contributed by atoms with Crippen LogP contribution in [0, 0.1) is 13.5 Å². The maximum Gasteiger partial charge on any atom is 2.00 e. The molecule has 0 atom stereocenters. The maximum absolute atomic E-state index is 9.71. The fourth-order valence-corrected chi connectivity index (χ4v) is 0.394. The minimum Gasteiger partial charge on any atom is -0.358 e. The Hall–Kier alpha value is -0.382. The summed E-state index contributed by atoms with van der Waals surface area (Å²) in [5, 5.41) is 0. The van der Waals surface area contributed by atoms with Gasteiger partial charge in [-0.2, -0.15) is 18.2 Å². The van der Waals surface area contributed by atoms with E-state index < -0.39 is 0 Å². The van der Waals surface area contributed by atoms with Crippen LogP contribution in [-0.2, 0) is 25.9 Å². The van der Waals surface area contributed by atoms with Crippen LogP contribution >= 0.6 is 0 Å². The molecule has 1 rings (SSSR count). The van der Waals surface area contributed by atoms with Gasteiger partial charge in [0.15, 0.2) is 0 Å². The van der Waals surface area contributed by atoms with Crippen LogP contribution in [-0.4, -0.2) is 5.94 Å². The standard InChI is InChI=1S/C6H3O.CH3.Pt/c7-5-6-3-1-2-4-6;;/h1-3H;1H3;/q2*-1;+2. The Morgan fingerprint density at radius 1 is 1.56 bits per heavy atom. The first-order chi connectivity index (χ1) is 3.43. The third kappa shape index (κ3) is 3.24. The van der Waals surface area contributed by atoms with E-state index in [0.717, 1.165) is 0 Å². The molecule has 0 spiro atoms. The molecule has 9 heavy (non-hydrogen) atoms. The van der Waals surface area contributed by atoms with E-state index in [9.17, 15) is 4.79 Å². The summed E-state index contributed by atoms with van der Waals surface area (Å²) in [6, 6.07) is 0. The van der Waals surface area contributed by atoms with Crippen LogP contribution < -0.4 is 0 Å². The van der Waals surface area contributed by atoms with E-state index in [1.54, 1.807) is 24.2 Å². The molecule has 0 aromatic rings. The molecule has 0 unspecified atom stereocenters. The molecular formula is C7H6OPt. The van der Waals surface area contributed by atoms with E-state index in [2.05, 4.69) is 6.08 Å². The monoisotopic (exact) mass is 301 g/mol. The molecule has 0 heterocycles. The van der Waals surface area contributed by atoms with Crippen molar-refractivity contribution in [2.24, 2.45) is 0 Å². The molecule has 0 radical (unpaired) electrons. The molecule has 1 nitrogen and oxygen atoms in total. The fourth-order valence-electron chi connectivity index (χ4n) is 0.394. The summed E-state index contributed by atoms with van der Waals surface area (Å²) in [4.78, 5) is 9.71.